The van der Waals surface area contributed by atoms with Crippen LogP contribution in [-0.2, 0) is 4.79 Å². The zero-order chi connectivity index (χ0) is 15.6. The Morgan fingerprint density at radius 2 is 1.77 bits per heavy atom. The topological polar surface area (TPSA) is 55.6 Å². The quantitative estimate of drug-likeness (QED) is 0.934. The summed E-state index contributed by atoms with van der Waals surface area (Å²) in [7, 11) is 0. The van der Waals surface area contributed by atoms with E-state index >= 15 is 0 Å². The van der Waals surface area contributed by atoms with E-state index in [2.05, 4.69) is 19.1 Å². The number of amides is 1. The van der Waals surface area contributed by atoms with E-state index in [4.69, 9.17) is 10.5 Å². The van der Waals surface area contributed by atoms with Crippen LogP contribution in [0.2, 0.25) is 0 Å². The molecule has 120 valence electrons. The van der Waals surface area contributed by atoms with Crippen molar-refractivity contribution in [2.45, 2.75) is 57.1 Å². The van der Waals surface area contributed by atoms with Crippen LogP contribution in [0, 0.1) is 6.92 Å². The van der Waals surface area contributed by atoms with Crippen LogP contribution in [0.5, 0.6) is 5.75 Å². The lowest BCUT2D eigenvalue weighted by Gasteiger charge is -2.36. The van der Waals surface area contributed by atoms with Gasteiger partial charge in [0, 0.05) is 25.9 Å². The number of hydrogen-bond acceptors (Lipinski definition) is 3. The van der Waals surface area contributed by atoms with E-state index in [0.717, 1.165) is 57.4 Å². The van der Waals surface area contributed by atoms with Gasteiger partial charge in [-0.25, -0.2) is 0 Å². The van der Waals surface area contributed by atoms with Crippen LogP contribution in [0.4, 0.5) is 0 Å². The maximum absolute atomic E-state index is 12.6. The third kappa shape index (κ3) is 3.27. The Hall–Kier alpha value is -1.55. The molecule has 1 saturated carbocycles. The molecule has 1 aliphatic carbocycles. The van der Waals surface area contributed by atoms with E-state index in [-0.39, 0.29) is 12.0 Å². The third-order valence-corrected chi connectivity index (χ3v) is 4.97. The van der Waals surface area contributed by atoms with E-state index < -0.39 is 5.54 Å². The lowest BCUT2D eigenvalue weighted by atomic mass is 9.95. The van der Waals surface area contributed by atoms with Crippen LogP contribution in [0.3, 0.4) is 0 Å². The Labute approximate surface area is 132 Å². The molecule has 1 heterocycles. The zero-order valence-corrected chi connectivity index (χ0v) is 13.4. The Kier molecular flexibility index (Phi) is 4.39. The van der Waals surface area contributed by atoms with E-state index in [0.29, 0.717) is 0 Å². The van der Waals surface area contributed by atoms with Crippen molar-refractivity contribution < 1.29 is 9.53 Å². The second-order valence-electron chi connectivity index (χ2n) is 6.79. The van der Waals surface area contributed by atoms with E-state index in [1.165, 1.54) is 5.56 Å². The average molecular weight is 302 g/mol. The van der Waals surface area contributed by atoms with Crippen molar-refractivity contribution in [2.75, 3.05) is 13.1 Å². The summed E-state index contributed by atoms with van der Waals surface area (Å²) in [5.74, 6) is 1.07. The molecule has 1 aromatic rings. The lowest BCUT2D eigenvalue weighted by Crippen LogP contribution is -2.56. The standard InChI is InChI=1S/C18H26N2O2/c1-14-4-6-15(7-5-14)22-16-8-12-20(13-9-16)17(21)18(19)10-2-3-11-18/h4-7,16H,2-3,8-13,19H2,1H3. The molecule has 0 aromatic heterocycles. The summed E-state index contributed by atoms with van der Waals surface area (Å²) in [6.45, 7) is 3.59. The number of hydrogen-bond donors (Lipinski definition) is 1. The first-order valence-corrected chi connectivity index (χ1v) is 8.38. The van der Waals surface area contributed by atoms with Gasteiger partial charge in [-0.2, -0.15) is 0 Å². The van der Waals surface area contributed by atoms with Crippen LogP contribution in [0.25, 0.3) is 0 Å². The highest BCUT2D eigenvalue weighted by Gasteiger charge is 2.40. The average Bonchev–Trinajstić information content (AvgIpc) is 2.98. The van der Waals surface area contributed by atoms with E-state index in [1.807, 2.05) is 17.0 Å². The van der Waals surface area contributed by atoms with Gasteiger partial charge in [0.15, 0.2) is 0 Å². The summed E-state index contributed by atoms with van der Waals surface area (Å²) in [5, 5.41) is 0. The minimum atomic E-state index is -0.593. The van der Waals surface area contributed by atoms with Crippen molar-refractivity contribution in [2.24, 2.45) is 5.73 Å². The number of nitrogens with zero attached hydrogens (tertiary/aromatic N) is 1. The molecule has 0 bridgehead atoms. The molecule has 0 spiro atoms. The van der Waals surface area contributed by atoms with Gasteiger partial charge in [-0.3, -0.25) is 4.79 Å². The maximum Gasteiger partial charge on any atom is 0.242 e. The van der Waals surface area contributed by atoms with Crippen molar-refractivity contribution in [3.05, 3.63) is 29.8 Å². The van der Waals surface area contributed by atoms with Gasteiger partial charge in [0.1, 0.15) is 11.9 Å². The van der Waals surface area contributed by atoms with Gasteiger partial charge < -0.3 is 15.4 Å². The molecule has 3 rings (SSSR count). The Bertz CT molecular complexity index is 512. The van der Waals surface area contributed by atoms with Crippen LogP contribution < -0.4 is 10.5 Å². The minimum absolute atomic E-state index is 0.152. The predicted octanol–water partition coefficient (Wildman–Crippen LogP) is 2.64. The molecule has 2 aliphatic rings. The number of carbonyl (C=O) groups excluding carboxylic acids is 1. The Morgan fingerprint density at radius 1 is 1.18 bits per heavy atom. The molecule has 2 N–H and O–H groups in total. The molecule has 0 radical (unpaired) electrons. The smallest absolute Gasteiger partial charge is 0.242 e. The van der Waals surface area contributed by atoms with Crippen molar-refractivity contribution in [3.8, 4) is 5.75 Å². The molecule has 2 fully saturated rings. The highest BCUT2D eigenvalue weighted by Crippen LogP contribution is 2.30. The van der Waals surface area contributed by atoms with Gasteiger partial charge >= 0.3 is 0 Å². The van der Waals surface area contributed by atoms with Gasteiger partial charge in [-0.05, 0) is 31.9 Å². The fourth-order valence-corrected chi connectivity index (χ4v) is 3.52. The Balaban J connectivity index is 1.52. The third-order valence-electron chi connectivity index (χ3n) is 4.97. The fraction of sp³-hybridized carbons (Fsp3) is 0.611. The maximum atomic E-state index is 12.6. The molecule has 1 aromatic carbocycles. The van der Waals surface area contributed by atoms with Crippen molar-refractivity contribution in [3.63, 3.8) is 0 Å². The highest BCUT2D eigenvalue weighted by molar-refractivity contribution is 5.86. The molecule has 1 amide bonds. The number of likely N-dealkylation sites (tertiary alicyclic amines) is 1. The number of ether oxygens (including phenoxy) is 1. The molecule has 0 atom stereocenters. The molecular weight excluding hydrogens is 276 g/mol. The van der Waals surface area contributed by atoms with Crippen LogP contribution >= 0.6 is 0 Å². The summed E-state index contributed by atoms with van der Waals surface area (Å²) in [6, 6.07) is 8.15. The zero-order valence-electron chi connectivity index (χ0n) is 13.4. The lowest BCUT2D eigenvalue weighted by molar-refractivity contribution is -0.138. The molecule has 1 aliphatic heterocycles. The second-order valence-corrected chi connectivity index (χ2v) is 6.79. The Morgan fingerprint density at radius 3 is 2.36 bits per heavy atom. The van der Waals surface area contributed by atoms with Crippen molar-refractivity contribution in [1.29, 1.82) is 0 Å². The first-order chi connectivity index (χ1) is 10.6. The summed E-state index contributed by atoms with van der Waals surface area (Å²) >= 11 is 0. The van der Waals surface area contributed by atoms with Gasteiger partial charge in [0.2, 0.25) is 5.91 Å². The molecule has 22 heavy (non-hydrogen) atoms. The van der Waals surface area contributed by atoms with Gasteiger partial charge in [-0.1, -0.05) is 30.5 Å². The monoisotopic (exact) mass is 302 g/mol. The van der Waals surface area contributed by atoms with Crippen LogP contribution in [0.1, 0.15) is 44.1 Å². The number of benzene rings is 1. The molecular formula is C18H26N2O2. The molecule has 0 unspecified atom stereocenters. The highest BCUT2D eigenvalue weighted by atomic mass is 16.5. The first kappa shape index (κ1) is 15.3. The number of piperidine rings is 1. The van der Waals surface area contributed by atoms with E-state index in [9.17, 15) is 4.79 Å². The van der Waals surface area contributed by atoms with Gasteiger partial charge in [-0.15, -0.1) is 0 Å². The van der Waals surface area contributed by atoms with Crippen LogP contribution in [0.15, 0.2) is 24.3 Å². The van der Waals surface area contributed by atoms with Crippen LogP contribution in [-0.4, -0.2) is 35.5 Å². The fourth-order valence-electron chi connectivity index (χ4n) is 3.52. The first-order valence-electron chi connectivity index (χ1n) is 8.38. The number of nitrogens with two attached hydrogens (primary N) is 1. The summed E-state index contributed by atoms with van der Waals surface area (Å²) in [6.07, 6.45) is 5.80. The van der Waals surface area contributed by atoms with Crippen molar-refractivity contribution >= 4 is 5.91 Å². The normalized spacial score (nSPS) is 21.8. The predicted molar refractivity (Wildman–Crippen MR) is 86.8 cm³/mol. The summed E-state index contributed by atoms with van der Waals surface area (Å²) in [4.78, 5) is 14.5. The second kappa shape index (κ2) is 6.29. The number of carbonyl (C=O) groups is 1. The van der Waals surface area contributed by atoms with Crippen molar-refractivity contribution in [1.82, 2.24) is 4.90 Å². The molecule has 4 heteroatoms. The number of aryl methyl sites for hydroxylation is 1. The molecule has 4 nitrogen and oxygen atoms in total. The van der Waals surface area contributed by atoms with Gasteiger partial charge in [0.25, 0.3) is 0 Å². The molecule has 1 saturated heterocycles. The van der Waals surface area contributed by atoms with Gasteiger partial charge in [0.05, 0.1) is 5.54 Å². The number of rotatable bonds is 3. The summed E-state index contributed by atoms with van der Waals surface area (Å²) < 4.78 is 6.02. The SMILES string of the molecule is Cc1ccc(OC2CCN(C(=O)C3(N)CCCC3)CC2)cc1. The summed E-state index contributed by atoms with van der Waals surface area (Å²) in [5.41, 5.74) is 6.92. The van der Waals surface area contributed by atoms with E-state index in [1.54, 1.807) is 0 Å². The minimum Gasteiger partial charge on any atom is -0.490 e. The largest absolute Gasteiger partial charge is 0.490 e.